The first-order valence-corrected chi connectivity index (χ1v) is 7.79. The van der Waals surface area contributed by atoms with Crippen molar-refractivity contribution in [2.75, 3.05) is 0 Å². The fourth-order valence-electron chi connectivity index (χ4n) is 1.89. The zero-order valence-corrected chi connectivity index (χ0v) is 12.6. The topological polar surface area (TPSA) is 52.4 Å². The van der Waals surface area contributed by atoms with Crippen molar-refractivity contribution in [2.45, 2.75) is 65.1 Å². The number of nitrogens with zero attached hydrogens (tertiary/aromatic N) is 1. The molecule has 0 amide bonds. The Morgan fingerprint density at radius 1 is 1.32 bits per heavy atom. The van der Waals surface area contributed by atoms with Crippen LogP contribution in [0.25, 0.3) is 0 Å². The number of rotatable bonds is 10. The van der Waals surface area contributed by atoms with Gasteiger partial charge in [-0.1, -0.05) is 50.4 Å². The molecule has 0 spiro atoms. The Hall–Kier alpha value is -0.940. The van der Waals surface area contributed by atoms with Crippen LogP contribution in [0, 0.1) is 10.1 Å². The average molecular weight is 285 g/mol. The van der Waals surface area contributed by atoms with Gasteiger partial charge in [0.05, 0.1) is 17.6 Å². The third-order valence-electron chi connectivity index (χ3n) is 3.05. The van der Waals surface area contributed by atoms with Crippen molar-refractivity contribution in [3.05, 3.63) is 27.1 Å². The maximum Gasteiger partial charge on any atom is 0.324 e. The van der Waals surface area contributed by atoms with Crippen LogP contribution in [0.4, 0.5) is 5.00 Å². The largest absolute Gasteiger partial charge is 0.373 e. The van der Waals surface area contributed by atoms with Gasteiger partial charge in [-0.3, -0.25) is 10.1 Å². The highest BCUT2D eigenvalue weighted by Crippen LogP contribution is 2.25. The quantitative estimate of drug-likeness (QED) is 0.348. The van der Waals surface area contributed by atoms with Crippen LogP contribution in [0.2, 0.25) is 0 Å². The first-order valence-electron chi connectivity index (χ1n) is 6.98. The fourth-order valence-corrected chi connectivity index (χ4v) is 2.63. The van der Waals surface area contributed by atoms with Crippen molar-refractivity contribution in [3.63, 3.8) is 0 Å². The molecule has 1 atom stereocenters. The van der Waals surface area contributed by atoms with E-state index in [-0.39, 0.29) is 16.0 Å². The fraction of sp³-hybridized carbons (Fsp3) is 0.714. The molecule has 4 nitrogen and oxygen atoms in total. The van der Waals surface area contributed by atoms with Crippen molar-refractivity contribution < 1.29 is 9.66 Å². The summed E-state index contributed by atoms with van der Waals surface area (Å²) in [5.74, 6) is 0. The summed E-state index contributed by atoms with van der Waals surface area (Å²) in [5, 5.41) is 10.7. The Morgan fingerprint density at radius 2 is 2.05 bits per heavy atom. The zero-order chi connectivity index (χ0) is 14.1. The third-order valence-corrected chi connectivity index (χ3v) is 4.06. The van der Waals surface area contributed by atoms with Gasteiger partial charge in [-0.25, -0.2) is 0 Å². The van der Waals surface area contributed by atoms with E-state index in [9.17, 15) is 10.1 Å². The van der Waals surface area contributed by atoms with Gasteiger partial charge >= 0.3 is 5.00 Å². The molecule has 0 fully saturated rings. The summed E-state index contributed by atoms with van der Waals surface area (Å²) in [6.45, 7) is 4.77. The van der Waals surface area contributed by atoms with E-state index in [1.165, 1.54) is 43.4 Å². The second-order valence-corrected chi connectivity index (χ2v) is 5.97. The van der Waals surface area contributed by atoms with Gasteiger partial charge in [0.1, 0.15) is 0 Å². The van der Waals surface area contributed by atoms with Gasteiger partial charge in [0.25, 0.3) is 0 Å². The monoisotopic (exact) mass is 285 g/mol. The molecule has 0 aliphatic rings. The predicted molar refractivity (Wildman–Crippen MR) is 78.6 cm³/mol. The third kappa shape index (κ3) is 6.68. The minimum absolute atomic E-state index is 0.186. The molecule has 0 N–H and O–H groups in total. The molecule has 5 heteroatoms. The van der Waals surface area contributed by atoms with Gasteiger partial charge in [0.2, 0.25) is 0 Å². The number of nitro groups is 1. The maximum atomic E-state index is 10.6. The van der Waals surface area contributed by atoms with E-state index in [1.54, 1.807) is 12.1 Å². The van der Waals surface area contributed by atoms with Gasteiger partial charge in [-0.05, 0) is 19.4 Å². The Labute approximate surface area is 118 Å². The molecule has 0 aromatic carbocycles. The molecule has 108 valence electrons. The molecule has 0 bridgehead atoms. The molecule has 0 radical (unpaired) electrons. The zero-order valence-electron chi connectivity index (χ0n) is 11.8. The molecule has 0 saturated heterocycles. The van der Waals surface area contributed by atoms with Crippen LogP contribution in [-0.4, -0.2) is 11.0 Å². The van der Waals surface area contributed by atoms with E-state index < -0.39 is 0 Å². The molecular formula is C14H23NO3S. The average Bonchev–Trinajstić information content (AvgIpc) is 2.85. The maximum absolute atomic E-state index is 10.6. The van der Waals surface area contributed by atoms with Crippen molar-refractivity contribution in [3.8, 4) is 0 Å². The Bertz CT molecular complexity index is 379. The Morgan fingerprint density at radius 3 is 2.68 bits per heavy atom. The molecule has 1 aromatic heterocycles. The van der Waals surface area contributed by atoms with Gasteiger partial charge in [0, 0.05) is 10.9 Å². The molecule has 1 rings (SSSR count). The summed E-state index contributed by atoms with van der Waals surface area (Å²) in [5.41, 5.74) is 0. The molecule has 0 saturated carbocycles. The molecule has 19 heavy (non-hydrogen) atoms. The summed E-state index contributed by atoms with van der Waals surface area (Å²) < 4.78 is 5.72. The second kappa shape index (κ2) is 9.04. The second-order valence-electron chi connectivity index (χ2n) is 4.82. The van der Waals surface area contributed by atoms with Crippen LogP contribution >= 0.6 is 11.3 Å². The number of ether oxygens (including phenoxy) is 1. The van der Waals surface area contributed by atoms with Crippen LogP contribution in [0.3, 0.4) is 0 Å². The van der Waals surface area contributed by atoms with Crippen LogP contribution < -0.4 is 0 Å². The minimum Gasteiger partial charge on any atom is -0.373 e. The lowest BCUT2D eigenvalue weighted by Gasteiger charge is -2.11. The van der Waals surface area contributed by atoms with Crippen LogP contribution in [-0.2, 0) is 11.3 Å². The van der Waals surface area contributed by atoms with Crippen LogP contribution in [0.5, 0.6) is 0 Å². The van der Waals surface area contributed by atoms with Crippen molar-refractivity contribution in [1.82, 2.24) is 0 Å². The van der Waals surface area contributed by atoms with E-state index in [4.69, 9.17) is 4.74 Å². The van der Waals surface area contributed by atoms with Crippen LogP contribution in [0.1, 0.15) is 57.2 Å². The molecular weight excluding hydrogens is 262 g/mol. The normalized spacial score (nSPS) is 12.5. The summed E-state index contributed by atoms with van der Waals surface area (Å²) in [7, 11) is 0. The number of hydrogen-bond acceptors (Lipinski definition) is 4. The predicted octanol–water partition coefficient (Wildman–Crippen LogP) is 4.92. The number of hydrogen-bond donors (Lipinski definition) is 0. The van der Waals surface area contributed by atoms with E-state index in [0.717, 1.165) is 11.3 Å². The van der Waals surface area contributed by atoms with Crippen molar-refractivity contribution >= 4 is 16.3 Å². The smallest absolute Gasteiger partial charge is 0.324 e. The van der Waals surface area contributed by atoms with Crippen molar-refractivity contribution in [1.29, 1.82) is 0 Å². The Kier molecular flexibility index (Phi) is 7.67. The summed E-state index contributed by atoms with van der Waals surface area (Å²) in [6.07, 6.45) is 7.65. The van der Waals surface area contributed by atoms with Crippen LogP contribution in [0.15, 0.2) is 12.1 Å². The highest BCUT2D eigenvalue weighted by atomic mass is 32.1. The van der Waals surface area contributed by atoms with Gasteiger partial charge in [-0.15, -0.1) is 0 Å². The number of unbranched alkanes of at least 4 members (excludes halogenated alkanes) is 4. The molecule has 1 aromatic rings. The van der Waals surface area contributed by atoms with E-state index in [2.05, 4.69) is 13.8 Å². The first kappa shape index (κ1) is 16.1. The van der Waals surface area contributed by atoms with Gasteiger partial charge in [0.15, 0.2) is 0 Å². The summed E-state index contributed by atoms with van der Waals surface area (Å²) in [4.78, 5) is 11.1. The minimum atomic E-state index is -0.356. The lowest BCUT2D eigenvalue weighted by Crippen LogP contribution is -2.07. The molecule has 1 unspecified atom stereocenters. The molecule has 1 heterocycles. The highest BCUT2D eigenvalue weighted by Gasteiger charge is 2.10. The Balaban J connectivity index is 2.15. The summed E-state index contributed by atoms with van der Waals surface area (Å²) >= 11 is 1.19. The standard InChI is InChI=1S/C14H23NO3S/c1-3-4-5-6-7-8-12(2)18-11-13-9-10-14(19-13)15(16)17/h9-10,12H,3-8,11H2,1-2H3. The van der Waals surface area contributed by atoms with E-state index in [0.29, 0.717) is 6.61 Å². The number of thiophene rings is 1. The SMILES string of the molecule is CCCCCCCC(C)OCc1ccc([N+](=O)[O-])s1. The lowest BCUT2D eigenvalue weighted by molar-refractivity contribution is -0.380. The van der Waals surface area contributed by atoms with Gasteiger partial charge < -0.3 is 4.74 Å². The van der Waals surface area contributed by atoms with E-state index >= 15 is 0 Å². The first-order chi connectivity index (χ1) is 9.13. The summed E-state index contributed by atoms with van der Waals surface area (Å²) in [6, 6.07) is 3.32. The molecule has 0 aliphatic heterocycles. The lowest BCUT2D eigenvalue weighted by atomic mass is 10.1. The highest BCUT2D eigenvalue weighted by molar-refractivity contribution is 7.15. The van der Waals surface area contributed by atoms with E-state index in [1.807, 2.05) is 0 Å². The molecule has 0 aliphatic carbocycles. The van der Waals surface area contributed by atoms with Gasteiger partial charge in [-0.2, -0.15) is 0 Å². The van der Waals surface area contributed by atoms with Crippen molar-refractivity contribution in [2.24, 2.45) is 0 Å².